The van der Waals surface area contributed by atoms with Crippen molar-refractivity contribution < 1.29 is 18.7 Å². The lowest BCUT2D eigenvalue weighted by atomic mass is 9.54. The van der Waals surface area contributed by atoms with Crippen molar-refractivity contribution in [1.82, 2.24) is 39.8 Å². The molecule has 6 aliphatic rings. The first-order valence-corrected chi connectivity index (χ1v) is 28.0. The Hall–Kier alpha value is -4.21. The zero-order valence-corrected chi connectivity index (χ0v) is 45.8. The Morgan fingerprint density at radius 3 is 2.34 bits per heavy atom. The molecule has 12 atom stereocenters. The third-order valence-electron chi connectivity index (χ3n) is 19.1. The summed E-state index contributed by atoms with van der Waals surface area (Å²) in [6, 6.07) is 28.9. The van der Waals surface area contributed by atoms with Gasteiger partial charge in [0.2, 0.25) is 0 Å². The molecule has 2 N–H and O–H groups in total. The van der Waals surface area contributed by atoms with Gasteiger partial charge in [0.15, 0.2) is 5.78 Å². The van der Waals surface area contributed by atoms with E-state index in [1.165, 1.54) is 24.5 Å². The van der Waals surface area contributed by atoms with Crippen LogP contribution in [0.3, 0.4) is 0 Å². The largest absolute Gasteiger partial charge is 0.457 e. The van der Waals surface area contributed by atoms with Gasteiger partial charge < -0.3 is 24.7 Å². The maximum absolute atomic E-state index is 17.5. The molecule has 4 aromatic carbocycles. The molecule has 2 bridgehead atoms. The fraction of sp³-hybridized carbons (Fsp3) is 0.533. The number of nitrogens with one attached hydrogen (secondary N) is 2. The van der Waals surface area contributed by atoms with Crippen molar-refractivity contribution in [3.05, 3.63) is 136 Å². The van der Waals surface area contributed by atoms with Crippen LogP contribution in [0.15, 0.2) is 97.2 Å². The first kappa shape index (κ1) is 51.9. The number of likely N-dealkylation sites (tertiary alicyclic amines) is 3. The van der Waals surface area contributed by atoms with Gasteiger partial charge in [0, 0.05) is 103 Å². The second-order valence-corrected chi connectivity index (χ2v) is 23.7. The maximum atomic E-state index is 17.5. The first-order valence-electron chi connectivity index (χ1n) is 27.3. The van der Waals surface area contributed by atoms with Crippen LogP contribution >= 0.6 is 23.2 Å². The van der Waals surface area contributed by atoms with E-state index in [2.05, 4.69) is 113 Å². The van der Waals surface area contributed by atoms with Crippen LogP contribution in [-0.2, 0) is 42.5 Å². The molecule has 14 heteroatoms. The van der Waals surface area contributed by atoms with E-state index in [-0.39, 0.29) is 66.1 Å². The topological polar surface area (TPSA) is 90.4 Å². The number of nitrogens with zero attached hydrogens (tertiary/aromatic N) is 6. The summed E-state index contributed by atoms with van der Waals surface area (Å²) in [5.74, 6) is 2.66. The van der Waals surface area contributed by atoms with E-state index in [9.17, 15) is 0 Å². The van der Waals surface area contributed by atoms with Crippen LogP contribution < -0.4 is 15.4 Å². The molecule has 1 aliphatic carbocycles. The molecule has 11 rings (SSSR count). The highest BCUT2D eigenvalue weighted by atomic mass is 35.5. The van der Waals surface area contributed by atoms with Crippen LogP contribution in [0.25, 0.3) is 11.3 Å². The van der Waals surface area contributed by atoms with E-state index in [0.29, 0.717) is 48.3 Å². The van der Waals surface area contributed by atoms with Gasteiger partial charge in [0.1, 0.15) is 23.1 Å². The second-order valence-electron chi connectivity index (χ2n) is 22.9. The van der Waals surface area contributed by atoms with E-state index in [0.717, 1.165) is 78.7 Å². The molecular weight excluding hydrogens is 971 g/mol. The summed E-state index contributed by atoms with van der Waals surface area (Å²) in [5.41, 5.74) is 3.69. The quantitative estimate of drug-likeness (QED) is 0.112. The number of imidazole rings is 1. The van der Waals surface area contributed by atoms with E-state index in [4.69, 9.17) is 37.7 Å². The summed E-state index contributed by atoms with van der Waals surface area (Å²) in [6.45, 7) is 11.8. The molecular formula is C60H75Cl2FN8O3. The minimum atomic E-state index is -0.836. The van der Waals surface area contributed by atoms with E-state index >= 15 is 9.18 Å². The molecule has 0 radical (unpaired) electrons. The number of carbonyl (C=O) groups is 1. The van der Waals surface area contributed by atoms with Gasteiger partial charge in [-0.05, 0) is 164 Å². The number of benzene rings is 4. The van der Waals surface area contributed by atoms with Gasteiger partial charge in [-0.2, -0.15) is 0 Å². The Labute approximate surface area is 448 Å². The molecule has 5 aromatic rings. The van der Waals surface area contributed by atoms with Gasteiger partial charge in [-0.15, -0.1) is 0 Å². The molecule has 1 spiro atoms. The van der Waals surface area contributed by atoms with Gasteiger partial charge in [0.25, 0.3) is 0 Å². The zero-order valence-electron chi connectivity index (χ0n) is 44.2. The smallest absolute Gasteiger partial charge is 0.153 e. The Kier molecular flexibility index (Phi) is 14.7. The van der Waals surface area contributed by atoms with Crippen molar-refractivity contribution >= 4 is 29.0 Å². The average Bonchev–Trinajstić information content (AvgIpc) is 4.34. The molecule has 1 saturated carbocycles. The molecule has 11 nitrogen and oxygen atoms in total. The standard InChI is InChI=1S/C60H75Cl2FN8O3/c1-8-59-53-29-43(26-40-12-11-13-46(63)27-40)56(59)67(4)37(2)32-64-52-31-47(28-39-14-19-44(61)20-15-39)68(5)57-49(36-73-7)66-55(60(52,57)58(59)72)38(3)71(53)34-42-16-21-45(62)30-51(42)74-48-22-17-41(18-23-48)50-33-65-54(69(50)6)35-70-24-9-10-25-70/h11-23,27,30,33,37-38,43,47,49,52-53,55-57,64,66H,8-10,24-26,28-29,31-32,34-36H2,1-7H3/t37-,38-,43+,47-,49+,52?,53?,55?,56?,57?,59?,60?/m0/s1. The number of hydrogen-bond donors (Lipinski definition) is 2. The summed E-state index contributed by atoms with van der Waals surface area (Å²) < 4.78 is 30.4. The predicted octanol–water partition coefficient (Wildman–Crippen LogP) is 9.67. The third kappa shape index (κ3) is 8.95. The van der Waals surface area contributed by atoms with Crippen LogP contribution in [0, 0.1) is 22.6 Å². The summed E-state index contributed by atoms with van der Waals surface area (Å²) in [6.07, 6.45) is 8.22. The first-order chi connectivity index (χ1) is 35.7. The molecule has 0 amide bonds. The van der Waals surface area contributed by atoms with Crippen LogP contribution in [0.1, 0.15) is 75.4 Å². The Morgan fingerprint density at radius 1 is 0.851 bits per heavy atom. The number of ketones is 1. The lowest BCUT2D eigenvalue weighted by Crippen LogP contribution is -2.73. The van der Waals surface area contributed by atoms with E-state index in [1.54, 1.807) is 13.2 Å². The maximum Gasteiger partial charge on any atom is 0.153 e. The van der Waals surface area contributed by atoms with Crippen molar-refractivity contribution in [1.29, 1.82) is 0 Å². The Morgan fingerprint density at radius 2 is 1.61 bits per heavy atom. The van der Waals surface area contributed by atoms with Crippen LogP contribution in [-0.4, -0.2) is 137 Å². The predicted molar refractivity (Wildman–Crippen MR) is 292 cm³/mol. The monoisotopic (exact) mass is 1040 g/mol. The highest BCUT2D eigenvalue weighted by Gasteiger charge is 2.77. The van der Waals surface area contributed by atoms with E-state index in [1.807, 2.05) is 48.7 Å². The molecule has 5 aliphatic heterocycles. The highest BCUT2D eigenvalue weighted by Crippen LogP contribution is 2.63. The van der Waals surface area contributed by atoms with Crippen molar-refractivity contribution in [3.8, 4) is 22.8 Å². The number of ether oxygens (including phenoxy) is 2. The number of piperidine rings is 1. The third-order valence-corrected chi connectivity index (χ3v) is 19.6. The summed E-state index contributed by atoms with van der Waals surface area (Å²) >= 11 is 13.3. The lowest BCUT2D eigenvalue weighted by molar-refractivity contribution is -0.154. The number of halogens is 3. The molecule has 6 fully saturated rings. The van der Waals surface area contributed by atoms with Crippen molar-refractivity contribution in [2.24, 2.45) is 23.8 Å². The van der Waals surface area contributed by atoms with Crippen LogP contribution in [0.4, 0.5) is 4.39 Å². The fourth-order valence-electron chi connectivity index (χ4n) is 15.6. The molecule has 7 unspecified atom stereocenters. The Bertz CT molecular complexity index is 2810. The lowest BCUT2D eigenvalue weighted by Gasteiger charge is -2.57. The van der Waals surface area contributed by atoms with Gasteiger partial charge in [-0.1, -0.05) is 60.5 Å². The molecule has 394 valence electrons. The molecule has 1 aromatic heterocycles. The minimum Gasteiger partial charge on any atom is -0.457 e. The SMILES string of the molecule is CCC12C(=O)C34C5C[C@H](Cc6ccc(Cl)cc6)N(C)C3[C@@H](COC)NC4[C@H](C)N(Cc3ccc(Cl)cc3Oc3ccc(-c4cnc(CN6CCCC6)n4C)cc3)C1C[C@@H](Cc1cccc(F)c1)C2N(C)[C@@H](C)CN5. The molecule has 5 saturated heterocycles. The van der Waals surface area contributed by atoms with Crippen molar-refractivity contribution in [3.63, 3.8) is 0 Å². The molecule has 74 heavy (non-hydrogen) atoms. The fourth-order valence-corrected chi connectivity index (χ4v) is 15.9. The normalized spacial score (nSPS) is 32.5. The van der Waals surface area contributed by atoms with Gasteiger partial charge in [-0.25, -0.2) is 9.37 Å². The number of Topliss-reactive ketones (excluding diaryl/α,β-unsaturated/α-hetero) is 1. The number of aromatic nitrogens is 2. The number of methoxy groups -OCH3 is 1. The Balaban J connectivity index is 1.01. The number of likely N-dealkylation sites (N-methyl/N-ethyl adjacent to an activating group) is 2. The number of hydrogen-bond acceptors (Lipinski definition) is 10. The van der Waals surface area contributed by atoms with Gasteiger partial charge in [-0.3, -0.25) is 24.4 Å². The summed E-state index contributed by atoms with van der Waals surface area (Å²) in [5, 5.41) is 9.72. The highest BCUT2D eigenvalue weighted by molar-refractivity contribution is 6.31. The summed E-state index contributed by atoms with van der Waals surface area (Å²) in [7, 11) is 8.39. The number of carbonyl (C=O) groups excluding carboxylic acids is 1. The number of rotatable bonds is 14. The van der Waals surface area contributed by atoms with Crippen molar-refractivity contribution in [2.45, 2.75) is 133 Å². The van der Waals surface area contributed by atoms with Crippen LogP contribution in [0.2, 0.25) is 10.0 Å². The minimum absolute atomic E-state index is 0.0640. The average molecular weight is 1050 g/mol. The van der Waals surface area contributed by atoms with Crippen LogP contribution in [0.5, 0.6) is 11.5 Å². The molecule has 6 heterocycles. The van der Waals surface area contributed by atoms with E-state index < -0.39 is 10.8 Å². The zero-order chi connectivity index (χ0) is 51.6. The van der Waals surface area contributed by atoms with Gasteiger partial charge >= 0.3 is 0 Å². The van der Waals surface area contributed by atoms with Gasteiger partial charge in [0.05, 0.1) is 35.9 Å². The van der Waals surface area contributed by atoms with Crippen molar-refractivity contribution in [2.75, 3.05) is 47.4 Å². The summed E-state index contributed by atoms with van der Waals surface area (Å²) in [4.78, 5) is 32.6. The second kappa shape index (κ2) is 21.0.